The van der Waals surface area contributed by atoms with Crippen molar-refractivity contribution in [3.8, 4) is 0 Å². The minimum absolute atomic E-state index is 0.0434. The van der Waals surface area contributed by atoms with E-state index in [4.69, 9.17) is 0 Å². The smallest absolute Gasteiger partial charge is 0.262 e. The highest BCUT2D eigenvalue weighted by molar-refractivity contribution is 8.15. The largest absolute Gasteiger partial charge is 0.351 e. The van der Waals surface area contributed by atoms with Crippen LogP contribution in [0.1, 0.15) is 68.1 Å². The van der Waals surface area contributed by atoms with Gasteiger partial charge in [-0.1, -0.05) is 11.8 Å². The highest BCUT2D eigenvalue weighted by atomic mass is 32.2. The normalized spacial score (nSPS) is 33.2. The van der Waals surface area contributed by atoms with Crippen LogP contribution >= 0.6 is 11.8 Å². The van der Waals surface area contributed by atoms with E-state index >= 15 is 0 Å². The second-order valence-electron chi connectivity index (χ2n) is 11.5. The van der Waals surface area contributed by atoms with Gasteiger partial charge in [-0.15, -0.1) is 0 Å². The first-order valence-electron chi connectivity index (χ1n) is 13.2. The van der Waals surface area contributed by atoms with Crippen LogP contribution in [0.3, 0.4) is 0 Å². The fourth-order valence-corrected chi connectivity index (χ4v) is 8.63. The minimum Gasteiger partial charge on any atom is -0.351 e. The zero-order valence-corrected chi connectivity index (χ0v) is 20.9. The van der Waals surface area contributed by atoms with Crippen molar-refractivity contribution in [3.63, 3.8) is 0 Å². The molecule has 186 valence electrons. The lowest BCUT2D eigenvalue weighted by Gasteiger charge is -2.56. The molecular weight excluding hydrogens is 460 g/mol. The van der Waals surface area contributed by atoms with Crippen molar-refractivity contribution in [3.05, 3.63) is 29.8 Å². The number of rotatable bonds is 6. The second kappa shape index (κ2) is 9.26. The van der Waals surface area contributed by atoms with Crippen molar-refractivity contribution in [2.75, 3.05) is 25.0 Å². The van der Waals surface area contributed by atoms with Crippen LogP contribution in [0.15, 0.2) is 29.3 Å². The van der Waals surface area contributed by atoms with Crippen molar-refractivity contribution in [1.29, 1.82) is 0 Å². The number of hydrogen-bond donors (Lipinski definition) is 2. The van der Waals surface area contributed by atoms with E-state index in [1.54, 1.807) is 24.3 Å². The molecule has 6 aliphatic rings. The molecule has 4 bridgehead atoms. The third-order valence-corrected chi connectivity index (χ3v) is 9.91. The molecule has 5 fully saturated rings. The van der Waals surface area contributed by atoms with Crippen molar-refractivity contribution in [2.45, 2.75) is 63.0 Å². The van der Waals surface area contributed by atoms with Crippen LogP contribution < -0.4 is 10.6 Å². The average Bonchev–Trinajstić information content (AvgIpc) is 3.47. The Kier molecular flexibility index (Phi) is 6.11. The fourth-order valence-electron chi connectivity index (χ4n) is 7.51. The number of amides is 3. The maximum atomic E-state index is 12.8. The Balaban J connectivity index is 0.986. The molecule has 35 heavy (non-hydrogen) atoms. The number of nitrogens with zero attached hydrogens (tertiary/aromatic N) is 2. The molecule has 1 atom stereocenters. The van der Waals surface area contributed by atoms with E-state index < -0.39 is 5.25 Å². The quantitative estimate of drug-likeness (QED) is 0.623. The molecular formula is C27H34N4O3S. The summed E-state index contributed by atoms with van der Waals surface area (Å²) in [5.41, 5.74) is 1.55. The molecule has 7 rings (SSSR count). The first-order chi connectivity index (χ1) is 16.9. The van der Waals surface area contributed by atoms with Gasteiger partial charge in [0.2, 0.25) is 5.91 Å². The van der Waals surface area contributed by atoms with Gasteiger partial charge in [-0.25, -0.2) is 0 Å². The summed E-state index contributed by atoms with van der Waals surface area (Å²) < 4.78 is 0. The Labute approximate surface area is 210 Å². The van der Waals surface area contributed by atoms with E-state index in [2.05, 4.69) is 20.5 Å². The molecule has 0 aromatic heterocycles. The van der Waals surface area contributed by atoms with Crippen LogP contribution in [0.5, 0.6) is 0 Å². The summed E-state index contributed by atoms with van der Waals surface area (Å²) in [7, 11) is 0. The van der Waals surface area contributed by atoms with Gasteiger partial charge in [0.15, 0.2) is 5.17 Å². The number of carbonyl (C=O) groups is 3. The number of anilines is 1. The lowest BCUT2D eigenvalue weighted by Crippen LogP contribution is -2.51. The summed E-state index contributed by atoms with van der Waals surface area (Å²) in [6, 6.07) is 7.03. The molecule has 1 saturated heterocycles. The lowest BCUT2D eigenvalue weighted by atomic mass is 9.49. The molecule has 4 saturated carbocycles. The molecule has 1 aromatic carbocycles. The van der Waals surface area contributed by atoms with Gasteiger partial charge in [0.25, 0.3) is 11.8 Å². The summed E-state index contributed by atoms with van der Waals surface area (Å²) >= 11 is 1.40. The van der Waals surface area contributed by atoms with Gasteiger partial charge in [-0.05, 0) is 98.8 Å². The van der Waals surface area contributed by atoms with E-state index in [1.807, 2.05) is 0 Å². The van der Waals surface area contributed by atoms with Crippen LogP contribution in [0.25, 0.3) is 0 Å². The van der Waals surface area contributed by atoms with E-state index in [1.165, 1.54) is 50.3 Å². The third-order valence-electron chi connectivity index (χ3n) is 8.70. The molecule has 4 aliphatic carbocycles. The van der Waals surface area contributed by atoms with Crippen molar-refractivity contribution in [1.82, 2.24) is 10.2 Å². The number of carbonyl (C=O) groups excluding carboxylic acids is 3. The van der Waals surface area contributed by atoms with Crippen molar-refractivity contribution < 1.29 is 14.4 Å². The van der Waals surface area contributed by atoms with Gasteiger partial charge in [-0.3, -0.25) is 14.4 Å². The zero-order valence-electron chi connectivity index (χ0n) is 20.1. The molecule has 0 spiro atoms. The number of amidine groups is 1. The van der Waals surface area contributed by atoms with E-state index in [0.717, 1.165) is 55.4 Å². The molecule has 8 heteroatoms. The third kappa shape index (κ3) is 4.86. The Morgan fingerprint density at radius 2 is 1.63 bits per heavy atom. The average molecular weight is 495 g/mol. The van der Waals surface area contributed by atoms with Crippen LogP contribution in [0.2, 0.25) is 0 Å². The van der Waals surface area contributed by atoms with Gasteiger partial charge in [-0.2, -0.15) is 4.99 Å². The van der Waals surface area contributed by atoms with Gasteiger partial charge < -0.3 is 15.5 Å². The highest BCUT2D eigenvalue weighted by Gasteiger charge is 2.50. The molecule has 0 unspecified atom stereocenters. The van der Waals surface area contributed by atoms with Crippen molar-refractivity contribution in [2.24, 2.45) is 28.2 Å². The first-order valence-corrected chi connectivity index (χ1v) is 14.0. The summed E-state index contributed by atoms with van der Waals surface area (Å²) in [5.74, 6) is 2.14. The Hall–Kier alpha value is -2.35. The summed E-state index contributed by atoms with van der Waals surface area (Å²) in [6.45, 7) is 2.64. The topological polar surface area (TPSA) is 90.9 Å². The summed E-state index contributed by atoms with van der Waals surface area (Å²) in [4.78, 5) is 43.9. The van der Waals surface area contributed by atoms with Gasteiger partial charge in [0.05, 0.1) is 0 Å². The molecule has 3 amide bonds. The number of thioether (sulfide) groups is 1. The van der Waals surface area contributed by atoms with Crippen LogP contribution in [-0.2, 0) is 9.59 Å². The van der Waals surface area contributed by atoms with Gasteiger partial charge in [0, 0.05) is 37.3 Å². The SMILES string of the molecule is O=C(C[C@H]1SC(N2CCCC2)=NC1=O)Nc1ccc(C(=O)NCC23CC4CC(CC(C4)C2)C3)cc1. The minimum atomic E-state index is -0.458. The van der Waals surface area contributed by atoms with E-state index in [9.17, 15) is 14.4 Å². The maximum absolute atomic E-state index is 12.8. The number of likely N-dealkylation sites (tertiary alicyclic amines) is 1. The number of nitrogens with one attached hydrogen (secondary N) is 2. The van der Waals surface area contributed by atoms with Crippen LogP contribution in [-0.4, -0.2) is 52.7 Å². The number of benzene rings is 1. The van der Waals surface area contributed by atoms with E-state index in [-0.39, 0.29) is 24.1 Å². The predicted molar refractivity (Wildman–Crippen MR) is 137 cm³/mol. The molecule has 2 aliphatic heterocycles. The highest BCUT2D eigenvalue weighted by Crippen LogP contribution is 2.59. The van der Waals surface area contributed by atoms with Gasteiger partial charge >= 0.3 is 0 Å². The van der Waals surface area contributed by atoms with Crippen molar-refractivity contribution >= 4 is 40.3 Å². The summed E-state index contributed by atoms with van der Waals surface area (Å²) in [5, 5.41) is 6.37. The monoisotopic (exact) mass is 494 g/mol. The first kappa shape index (κ1) is 23.1. The number of hydrogen-bond acceptors (Lipinski definition) is 5. The van der Waals surface area contributed by atoms with Crippen LogP contribution in [0.4, 0.5) is 5.69 Å². The lowest BCUT2D eigenvalue weighted by molar-refractivity contribution is -0.121. The molecule has 1 aromatic rings. The fraction of sp³-hybridized carbons (Fsp3) is 0.630. The molecule has 2 N–H and O–H groups in total. The standard InChI is InChI=1S/C27H34N4O3S/c32-23(12-22-25(34)30-26(35-22)31-7-1-2-8-31)29-21-5-3-20(4-6-21)24(33)28-16-27-13-17-9-18(14-27)11-19(10-17)15-27/h3-6,17-19,22H,1-2,7-16H2,(H,28,33)(H,29,32)/t17?,18?,19?,22-,27?/m1/s1. The second-order valence-corrected chi connectivity index (χ2v) is 12.6. The molecule has 2 heterocycles. The van der Waals surface area contributed by atoms with E-state index in [0.29, 0.717) is 16.7 Å². The number of aliphatic imine (C=N–C) groups is 1. The Morgan fingerprint density at radius 3 is 2.26 bits per heavy atom. The Bertz CT molecular complexity index is 1010. The zero-order chi connectivity index (χ0) is 24.0. The molecule has 7 nitrogen and oxygen atoms in total. The Morgan fingerprint density at radius 1 is 1.00 bits per heavy atom. The van der Waals surface area contributed by atoms with Gasteiger partial charge in [0.1, 0.15) is 5.25 Å². The summed E-state index contributed by atoms with van der Waals surface area (Å²) in [6.07, 6.45) is 10.4. The maximum Gasteiger partial charge on any atom is 0.262 e. The predicted octanol–water partition coefficient (Wildman–Crippen LogP) is 4.06. The molecule has 0 radical (unpaired) electrons. The van der Waals surface area contributed by atoms with Crippen LogP contribution in [0, 0.1) is 23.2 Å².